The zero-order valence-corrected chi connectivity index (χ0v) is 8.35. The van der Waals surface area contributed by atoms with E-state index in [1.807, 2.05) is 0 Å². The summed E-state index contributed by atoms with van der Waals surface area (Å²) in [6, 6.07) is 3.77. The van der Waals surface area contributed by atoms with E-state index in [1.54, 1.807) is 0 Å². The Balaban J connectivity index is 3.00. The molecular weight excluding hydrogens is 201 g/mol. The molecule has 1 atom stereocenters. The Kier molecular flexibility index (Phi) is 4.40. The van der Waals surface area contributed by atoms with E-state index < -0.39 is 18.7 Å². The molecule has 1 rings (SSSR count). The minimum absolute atomic E-state index is 0.114. The maximum absolute atomic E-state index is 13.5. The lowest BCUT2D eigenvalue weighted by Gasteiger charge is -2.11. The first-order valence-electron chi connectivity index (χ1n) is 4.78. The van der Waals surface area contributed by atoms with Crippen molar-refractivity contribution in [2.45, 2.75) is 19.0 Å². The molecule has 1 unspecified atom stereocenters. The van der Waals surface area contributed by atoms with E-state index in [0.717, 1.165) is 6.07 Å². The van der Waals surface area contributed by atoms with Gasteiger partial charge in [-0.3, -0.25) is 4.39 Å². The molecule has 0 heterocycles. The van der Waals surface area contributed by atoms with Crippen LogP contribution in [0.3, 0.4) is 0 Å². The highest BCUT2D eigenvalue weighted by atomic mass is 19.1. The molecule has 0 radical (unpaired) electrons. The minimum Gasteiger partial charge on any atom is -0.251 e. The van der Waals surface area contributed by atoms with Gasteiger partial charge in [-0.2, -0.15) is 0 Å². The van der Waals surface area contributed by atoms with Gasteiger partial charge in [0.05, 0.1) is 6.67 Å². The van der Waals surface area contributed by atoms with Crippen LogP contribution < -0.4 is 0 Å². The van der Waals surface area contributed by atoms with Crippen molar-refractivity contribution in [3.8, 4) is 0 Å². The number of benzene rings is 1. The van der Waals surface area contributed by atoms with Crippen LogP contribution in [0.15, 0.2) is 30.9 Å². The average Bonchev–Trinajstić information content (AvgIpc) is 2.21. The molecule has 1 aromatic rings. The van der Waals surface area contributed by atoms with E-state index in [9.17, 15) is 13.2 Å². The van der Waals surface area contributed by atoms with Crippen molar-refractivity contribution in [2.24, 2.45) is 0 Å². The fourth-order valence-electron chi connectivity index (χ4n) is 1.46. The summed E-state index contributed by atoms with van der Waals surface area (Å²) >= 11 is 0. The van der Waals surface area contributed by atoms with Gasteiger partial charge < -0.3 is 0 Å². The molecule has 0 aliphatic heterocycles. The third-order valence-corrected chi connectivity index (χ3v) is 2.18. The first kappa shape index (κ1) is 11.8. The van der Waals surface area contributed by atoms with E-state index in [-0.39, 0.29) is 18.4 Å². The Morgan fingerprint density at radius 1 is 1.40 bits per heavy atom. The summed E-state index contributed by atoms with van der Waals surface area (Å²) in [4.78, 5) is 0. The second-order valence-electron chi connectivity index (χ2n) is 3.27. The summed E-state index contributed by atoms with van der Waals surface area (Å²) in [5.41, 5.74) is 0.751. The molecule has 82 valence electrons. The molecule has 0 amide bonds. The number of alkyl halides is 2. The zero-order valence-electron chi connectivity index (χ0n) is 8.35. The van der Waals surface area contributed by atoms with Gasteiger partial charge in [0.1, 0.15) is 12.0 Å². The van der Waals surface area contributed by atoms with Crippen LogP contribution in [0.5, 0.6) is 0 Å². The van der Waals surface area contributed by atoms with Gasteiger partial charge in [0.25, 0.3) is 0 Å². The van der Waals surface area contributed by atoms with Crippen LogP contribution in [0, 0.1) is 5.82 Å². The van der Waals surface area contributed by atoms with Crippen LogP contribution >= 0.6 is 0 Å². The smallest absolute Gasteiger partial charge is 0.129 e. The summed E-state index contributed by atoms with van der Waals surface area (Å²) in [7, 11) is 0. The lowest BCUT2D eigenvalue weighted by atomic mass is 9.99. The molecule has 0 aliphatic rings. The van der Waals surface area contributed by atoms with Gasteiger partial charge in [0, 0.05) is 12.8 Å². The van der Waals surface area contributed by atoms with Crippen LogP contribution in [0.4, 0.5) is 13.2 Å². The van der Waals surface area contributed by atoms with Crippen LogP contribution in [-0.4, -0.2) is 6.67 Å². The van der Waals surface area contributed by atoms with Crippen LogP contribution in [-0.2, 0) is 6.42 Å². The molecule has 0 bridgehead atoms. The molecule has 0 nitrogen and oxygen atoms in total. The number of rotatable bonds is 5. The van der Waals surface area contributed by atoms with Crippen molar-refractivity contribution in [3.63, 3.8) is 0 Å². The lowest BCUT2D eigenvalue weighted by Crippen LogP contribution is -2.00. The van der Waals surface area contributed by atoms with Crippen molar-refractivity contribution in [2.75, 3.05) is 6.67 Å². The largest absolute Gasteiger partial charge is 0.251 e. The molecule has 1 aromatic carbocycles. The second kappa shape index (κ2) is 5.59. The monoisotopic (exact) mass is 214 g/mol. The summed E-state index contributed by atoms with van der Waals surface area (Å²) in [6.07, 6.45) is 0.352. The lowest BCUT2D eigenvalue weighted by molar-refractivity contribution is 0.343. The zero-order chi connectivity index (χ0) is 11.3. The second-order valence-corrected chi connectivity index (χ2v) is 3.27. The Morgan fingerprint density at radius 2 is 2.13 bits per heavy atom. The summed E-state index contributed by atoms with van der Waals surface area (Å²) in [5.74, 6) is -0.501. The molecule has 15 heavy (non-hydrogen) atoms. The standard InChI is InChI=1S/C12H13F3/c1-2-3-12(15)11-8-10(14)5-4-9(11)6-7-13/h2,4-5,8,12H,1,3,6-7H2. The Labute approximate surface area is 87.4 Å². The molecule has 3 heteroatoms. The van der Waals surface area contributed by atoms with Crippen LogP contribution in [0.1, 0.15) is 23.7 Å². The third-order valence-electron chi connectivity index (χ3n) is 2.18. The van der Waals surface area contributed by atoms with E-state index in [1.165, 1.54) is 18.2 Å². The van der Waals surface area contributed by atoms with Gasteiger partial charge in [0.2, 0.25) is 0 Å². The number of hydrogen-bond acceptors (Lipinski definition) is 0. The van der Waals surface area contributed by atoms with Gasteiger partial charge >= 0.3 is 0 Å². The number of hydrogen-bond donors (Lipinski definition) is 0. The number of allylic oxidation sites excluding steroid dienone is 1. The summed E-state index contributed by atoms with van der Waals surface area (Å²) < 4.78 is 38.6. The highest BCUT2D eigenvalue weighted by Gasteiger charge is 2.13. The van der Waals surface area contributed by atoms with E-state index in [2.05, 4.69) is 6.58 Å². The van der Waals surface area contributed by atoms with Gasteiger partial charge in [-0.15, -0.1) is 6.58 Å². The molecule has 0 N–H and O–H groups in total. The van der Waals surface area contributed by atoms with E-state index >= 15 is 0 Å². The summed E-state index contributed by atoms with van der Waals surface area (Å²) in [5, 5.41) is 0. The third kappa shape index (κ3) is 3.11. The van der Waals surface area contributed by atoms with E-state index in [4.69, 9.17) is 0 Å². The highest BCUT2D eigenvalue weighted by molar-refractivity contribution is 5.30. The predicted octanol–water partition coefficient (Wildman–Crippen LogP) is 3.92. The van der Waals surface area contributed by atoms with Crippen LogP contribution in [0.2, 0.25) is 0 Å². The fraction of sp³-hybridized carbons (Fsp3) is 0.333. The molecule has 0 aliphatic carbocycles. The van der Waals surface area contributed by atoms with Gasteiger partial charge in [-0.05, 0) is 23.3 Å². The SMILES string of the molecule is C=CCC(F)c1cc(F)ccc1CCF. The Bertz CT molecular complexity index is 334. The highest BCUT2D eigenvalue weighted by Crippen LogP contribution is 2.26. The maximum atomic E-state index is 13.5. The summed E-state index contributed by atoms with van der Waals surface area (Å²) in [6.45, 7) is 2.85. The molecule has 0 saturated carbocycles. The minimum atomic E-state index is -1.31. The molecular formula is C12H13F3. The van der Waals surface area contributed by atoms with Crippen molar-refractivity contribution in [3.05, 3.63) is 47.8 Å². The average molecular weight is 214 g/mol. The van der Waals surface area contributed by atoms with Crippen LogP contribution in [0.25, 0.3) is 0 Å². The van der Waals surface area contributed by atoms with Gasteiger partial charge in [0.15, 0.2) is 0 Å². The molecule has 0 saturated heterocycles. The maximum Gasteiger partial charge on any atom is 0.129 e. The topological polar surface area (TPSA) is 0 Å². The number of aryl methyl sites for hydroxylation is 1. The van der Waals surface area contributed by atoms with E-state index in [0.29, 0.717) is 5.56 Å². The van der Waals surface area contributed by atoms with Gasteiger partial charge in [-0.1, -0.05) is 12.1 Å². The molecule has 0 spiro atoms. The molecule has 0 aromatic heterocycles. The quantitative estimate of drug-likeness (QED) is 0.651. The normalized spacial score (nSPS) is 12.5. The van der Waals surface area contributed by atoms with Crippen molar-refractivity contribution >= 4 is 0 Å². The first-order chi connectivity index (χ1) is 7.19. The fourth-order valence-corrected chi connectivity index (χ4v) is 1.46. The predicted molar refractivity (Wildman–Crippen MR) is 54.7 cm³/mol. The van der Waals surface area contributed by atoms with Crippen molar-refractivity contribution in [1.82, 2.24) is 0 Å². The van der Waals surface area contributed by atoms with Gasteiger partial charge in [-0.25, -0.2) is 8.78 Å². The Hall–Kier alpha value is -1.25. The molecule has 0 fully saturated rings. The number of halogens is 3. The van der Waals surface area contributed by atoms with Crippen molar-refractivity contribution in [1.29, 1.82) is 0 Å². The first-order valence-corrected chi connectivity index (χ1v) is 4.78. The van der Waals surface area contributed by atoms with Crippen molar-refractivity contribution < 1.29 is 13.2 Å². The Morgan fingerprint density at radius 3 is 2.73 bits per heavy atom.